The zero-order valence-electron chi connectivity index (χ0n) is 9.22. The molecule has 92 valence electrons. The van der Waals surface area contributed by atoms with Crippen molar-refractivity contribution < 1.29 is 9.90 Å². The smallest absolute Gasteiger partial charge is 0.258 e. The van der Waals surface area contributed by atoms with Crippen LogP contribution in [0.15, 0.2) is 36.5 Å². The Bertz CT molecular complexity index is 602. The van der Waals surface area contributed by atoms with E-state index in [1.54, 1.807) is 12.1 Å². The number of nitrogens with two attached hydrogens (primary N) is 1. The van der Waals surface area contributed by atoms with E-state index in [1.807, 2.05) is 0 Å². The molecule has 0 radical (unpaired) electrons. The minimum atomic E-state index is -0.439. The van der Waals surface area contributed by atoms with Crippen LogP contribution in [0.1, 0.15) is 10.4 Å². The van der Waals surface area contributed by atoms with Crippen molar-refractivity contribution >= 4 is 28.9 Å². The number of pyridine rings is 1. The fraction of sp³-hybridized carbons (Fsp3) is 0. The third kappa shape index (κ3) is 2.70. The van der Waals surface area contributed by atoms with Gasteiger partial charge >= 0.3 is 0 Å². The zero-order valence-corrected chi connectivity index (χ0v) is 9.98. The van der Waals surface area contributed by atoms with Gasteiger partial charge in [-0.05, 0) is 18.2 Å². The lowest BCUT2D eigenvalue weighted by Crippen LogP contribution is -2.13. The predicted octanol–water partition coefficient (Wildman–Crippen LogP) is 2.28. The summed E-state index contributed by atoms with van der Waals surface area (Å²) < 4.78 is 0. The summed E-state index contributed by atoms with van der Waals surface area (Å²) in [4.78, 5) is 15.7. The second-order valence-electron chi connectivity index (χ2n) is 3.61. The molecule has 0 aliphatic rings. The third-order valence-electron chi connectivity index (χ3n) is 2.21. The molecule has 18 heavy (non-hydrogen) atoms. The Morgan fingerprint density at radius 2 is 2.17 bits per heavy atom. The minimum absolute atomic E-state index is 0.0598. The number of phenols is 1. The van der Waals surface area contributed by atoms with Gasteiger partial charge in [0.2, 0.25) is 0 Å². The highest BCUT2D eigenvalue weighted by Crippen LogP contribution is 2.19. The molecule has 0 bridgehead atoms. The molecule has 0 aliphatic carbocycles. The molecular weight excluding hydrogens is 254 g/mol. The van der Waals surface area contributed by atoms with E-state index < -0.39 is 5.91 Å². The first-order chi connectivity index (χ1) is 8.56. The number of aromatic nitrogens is 1. The molecule has 4 N–H and O–H groups in total. The highest BCUT2D eigenvalue weighted by atomic mass is 35.5. The van der Waals surface area contributed by atoms with E-state index >= 15 is 0 Å². The van der Waals surface area contributed by atoms with E-state index in [1.165, 1.54) is 24.4 Å². The SMILES string of the molecule is Nc1cnc(Cl)c(C(=O)Nc2cccc(O)c2)c1. The van der Waals surface area contributed by atoms with Crippen molar-refractivity contribution in [1.29, 1.82) is 0 Å². The van der Waals surface area contributed by atoms with E-state index in [4.69, 9.17) is 17.3 Å². The lowest BCUT2D eigenvalue weighted by atomic mass is 10.2. The molecule has 1 aromatic carbocycles. The number of nitrogen functional groups attached to an aromatic ring is 1. The van der Waals surface area contributed by atoms with Crippen molar-refractivity contribution in [2.75, 3.05) is 11.1 Å². The molecule has 0 saturated carbocycles. The second-order valence-corrected chi connectivity index (χ2v) is 3.97. The van der Waals surface area contributed by atoms with E-state index in [-0.39, 0.29) is 16.5 Å². The summed E-state index contributed by atoms with van der Waals surface area (Å²) in [6.45, 7) is 0. The average molecular weight is 264 g/mol. The standard InChI is InChI=1S/C12H10ClN3O2/c13-11-10(4-7(14)6-15-11)12(18)16-8-2-1-3-9(17)5-8/h1-6,17H,14H2,(H,16,18). The van der Waals surface area contributed by atoms with E-state index in [0.29, 0.717) is 11.4 Å². The van der Waals surface area contributed by atoms with Gasteiger partial charge in [-0.1, -0.05) is 17.7 Å². The van der Waals surface area contributed by atoms with Gasteiger partial charge in [0.15, 0.2) is 0 Å². The molecule has 1 aromatic heterocycles. The predicted molar refractivity (Wildman–Crippen MR) is 69.7 cm³/mol. The Kier molecular flexibility index (Phi) is 3.34. The summed E-state index contributed by atoms with van der Waals surface area (Å²) in [5.74, 6) is -0.380. The van der Waals surface area contributed by atoms with Crippen LogP contribution in [0.5, 0.6) is 5.75 Å². The van der Waals surface area contributed by atoms with Gasteiger partial charge in [0.05, 0.1) is 17.4 Å². The molecule has 6 heteroatoms. The van der Waals surface area contributed by atoms with Crippen LogP contribution in [0.25, 0.3) is 0 Å². The Morgan fingerprint density at radius 3 is 2.89 bits per heavy atom. The quantitative estimate of drug-likeness (QED) is 0.725. The molecule has 2 rings (SSSR count). The number of amides is 1. The maximum atomic E-state index is 11.9. The maximum Gasteiger partial charge on any atom is 0.258 e. The Labute approximate surface area is 108 Å². The lowest BCUT2D eigenvalue weighted by molar-refractivity contribution is 0.102. The maximum absolute atomic E-state index is 11.9. The number of carbonyl (C=O) groups is 1. The summed E-state index contributed by atoms with van der Waals surface area (Å²) in [6.07, 6.45) is 1.37. The molecule has 0 atom stereocenters. The Morgan fingerprint density at radius 1 is 1.39 bits per heavy atom. The Balaban J connectivity index is 2.24. The van der Waals surface area contributed by atoms with Gasteiger partial charge in [0, 0.05) is 11.8 Å². The van der Waals surface area contributed by atoms with Crippen LogP contribution in [0, 0.1) is 0 Å². The van der Waals surface area contributed by atoms with Crippen LogP contribution in [-0.2, 0) is 0 Å². The number of hydrogen-bond acceptors (Lipinski definition) is 4. The van der Waals surface area contributed by atoms with Crippen LogP contribution in [-0.4, -0.2) is 16.0 Å². The van der Waals surface area contributed by atoms with Crippen molar-refractivity contribution in [2.45, 2.75) is 0 Å². The number of aromatic hydroxyl groups is 1. The fourth-order valence-electron chi connectivity index (χ4n) is 1.41. The molecule has 5 nitrogen and oxygen atoms in total. The van der Waals surface area contributed by atoms with Gasteiger partial charge in [-0.15, -0.1) is 0 Å². The number of nitrogens with one attached hydrogen (secondary N) is 1. The second kappa shape index (κ2) is 4.93. The van der Waals surface area contributed by atoms with Gasteiger partial charge < -0.3 is 16.2 Å². The highest BCUT2D eigenvalue weighted by Gasteiger charge is 2.12. The molecular formula is C12H10ClN3O2. The molecule has 0 spiro atoms. The largest absolute Gasteiger partial charge is 0.508 e. The van der Waals surface area contributed by atoms with E-state index in [0.717, 1.165) is 0 Å². The number of anilines is 2. The number of carbonyl (C=O) groups excluding carboxylic acids is 1. The minimum Gasteiger partial charge on any atom is -0.508 e. The van der Waals surface area contributed by atoms with Crippen LogP contribution in [0.4, 0.5) is 11.4 Å². The molecule has 2 aromatic rings. The van der Waals surface area contributed by atoms with Gasteiger partial charge in [-0.25, -0.2) is 4.98 Å². The average Bonchev–Trinajstić information content (AvgIpc) is 2.32. The number of phenolic OH excluding ortho intramolecular Hbond substituents is 1. The van der Waals surface area contributed by atoms with Crippen molar-refractivity contribution in [3.8, 4) is 5.75 Å². The summed E-state index contributed by atoms with van der Waals surface area (Å²) in [6, 6.07) is 7.62. The van der Waals surface area contributed by atoms with Crippen LogP contribution < -0.4 is 11.1 Å². The fourth-order valence-corrected chi connectivity index (χ4v) is 1.59. The van der Waals surface area contributed by atoms with Crippen molar-refractivity contribution in [2.24, 2.45) is 0 Å². The monoisotopic (exact) mass is 263 g/mol. The zero-order chi connectivity index (χ0) is 13.1. The molecule has 1 heterocycles. The summed E-state index contributed by atoms with van der Waals surface area (Å²) in [5, 5.41) is 11.9. The number of benzene rings is 1. The molecule has 1 amide bonds. The van der Waals surface area contributed by atoms with E-state index in [9.17, 15) is 9.90 Å². The summed E-state index contributed by atoms with van der Waals surface area (Å²) in [5.41, 5.74) is 6.53. The van der Waals surface area contributed by atoms with Gasteiger partial charge in [0.1, 0.15) is 10.9 Å². The van der Waals surface area contributed by atoms with Crippen LogP contribution >= 0.6 is 11.6 Å². The lowest BCUT2D eigenvalue weighted by Gasteiger charge is -2.07. The normalized spacial score (nSPS) is 10.1. The molecule has 0 aliphatic heterocycles. The first kappa shape index (κ1) is 12.2. The Hall–Kier alpha value is -2.27. The molecule has 0 unspecified atom stereocenters. The topological polar surface area (TPSA) is 88.2 Å². The summed E-state index contributed by atoms with van der Waals surface area (Å²) >= 11 is 5.81. The van der Waals surface area contributed by atoms with Gasteiger partial charge in [0.25, 0.3) is 5.91 Å². The third-order valence-corrected chi connectivity index (χ3v) is 2.51. The first-order valence-electron chi connectivity index (χ1n) is 5.07. The number of nitrogens with zero attached hydrogens (tertiary/aromatic N) is 1. The number of halogens is 1. The van der Waals surface area contributed by atoms with Crippen molar-refractivity contribution in [3.05, 3.63) is 47.2 Å². The van der Waals surface area contributed by atoms with Crippen LogP contribution in [0.2, 0.25) is 5.15 Å². The van der Waals surface area contributed by atoms with Crippen LogP contribution in [0.3, 0.4) is 0 Å². The summed E-state index contributed by atoms with van der Waals surface area (Å²) in [7, 11) is 0. The molecule has 0 saturated heterocycles. The van der Waals surface area contributed by atoms with Gasteiger partial charge in [-0.2, -0.15) is 0 Å². The molecule has 0 fully saturated rings. The first-order valence-corrected chi connectivity index (χ1v) is 5.45. The number of hydrogen-bond donors (Lipinski definition) is 3. The van der Waals surface area contributed by atoms with E-state index in [2.05, 4.69) is 10.3 Å². The number of rotatable bonds is 2. The van der Waals surface area contributed by atoms with Crippen molar-refractivity contribution in [3.63, 3.8) is 0 Å². The van der Waals surface area contributed by atoms with Crippen molar-refractivity contribution in [1.82, 2.24) is 4.98 Å². The highest BCUT2D eigenvalue weighted by molar-refractivity contribution is 6.33. The van der Waals surface area contributed by atoms with Gasteiger partial charge in [-0.3, -0.25) is 4.79 Å².